The number of nitrogens with one attached hydrogen (secondary N) is 1. The highest BCUT2D eigenvalue weighted by Gasteiger charge is 2.35. The fraction of sp³-hybridized carbons (Fsp3) is 0.310. The number of amides is 2. The Morgan fingerprint density at radius 1 is 1.00 bits per heavy atom. The van der Waals surface area contributed by atoms with Crippen LogP contribution in [0.2, 0.25) is 0 Å². The van der Waals surface area contributed by atoms with Gasteiger partial charge in [0.25, 0.3) is 0 Å². The minimum Gasteiger partial charge on any atom is -0.497 e. The summed E-state index contributed by atoms with van der Waals surface area (Å²) in [5, 5.41) is 11.4. The van der Waals surface area contributed by atoms with Crippen molar-refractivity contribution in [2.45, 2.75) is 45.8 Å². The van der Waals surface area contributed by atoms with Gasteiger partial charge in [0.05, 0.1) is 19.2 Å². The van der Waals surface area contributed by atoms with Crippen molar-refractivity contribution in [1.29, 1.82) is 0 Å². The number of para-hydroxylation sites is 1. The normalized spacial score (nSPS) is 12.1. The van der Waals surface area contributed by atoms with Gasteiger partial charge in [0.2, 0.25) is 11.8 Å². The van der Waals surface area contributed by atoms with Crippen molar-refractivity contribution in [2.24, 2.45) is 0 Å². The lowest BCUT2D eigenvalue weighted by atomic mass is 10.0. The number of rotatable bonds is 9. The summed E-state index contributed by atoms with van der Waals surface area (Å²) in [7, 11) is 1.56. The van der Waals surface area contributed by atoms with Crippen LogP contribution in [0.3, 0.4) is 0 Å². The van der Waals surface area contributed by atoms with Crippen molar-refractivity contribution in [3.8, 4) is 11.5 Å². The zero-order valence-electron chi connectivity index (χ0n) is 22.3. The van der Waals surface area contributed by atoms with Crippen LogP contribution in [0.1, 0.15) is 39.3 Å². The van der Waals surface area contributed by atoms with Crippen LogP contribution in [0.4, 0.5) is 5.69 Å². The molecule has 3 aromatic carbocycles. The molecule has 0 saturated carbocycles. The van der Waals surface area contributed by atoms with Crippen LogP contribution >= 0.6 is 0 Å². The van der Waals surface area contributed by atoms with Gasteiger partial charge in [-0.1, -0.05) is 35.5 Å². The number of ether oxygens (including phenoxy) is 2. The van der Waals surface area contributed by atoms with Gasteiger partial charge >= 0.3 is 0 Å². The van der Waals surface area contributed by atoms with E-state index in [0.717, 1.165) is 5.52 Å². The number of carbonyl (C=O) groups excluding carboxylic acids is 2. The first-order valence-electron chi connectivity index (χ1n) is 12.5. The van der Waals surface area contributed by atoms with Gasteiger partial charge in [0.1, 0.15) is 29.6 Å². The molecule has 1 aromatic heterocycles. The summed E-state index contributed by atoms with van der Waals surface area (Å²) in [4.78, 5) is 29.5. The minimum absolute atomic E-state index is 0.117. The molecular formula is C29H33N5O4. The lowest BCUT2D eigenvalue weighted by Crippen LogP contribution is -2.50. The first kappa shape index (κ1) is 26.7. The zero-order valence-corrected chi connectivity index (χ0v) is 22.3. The smallest absolute Gasteiger partial charge is 0.249 e. The average molecular weight is 516 g/mol. The van der Waals surface area contributed by atoms with Crippen LogP contribution in [0.15, 0.2) is 72.8 Å². The minimum atomic E-state index is -0.973. The highest BCUT2D eigenvalue weighted by Crippen LogP contribution is 2.32. The Balaban J connectivity index is 1.82. The molecule has 1 atom stereocenters. The fourth-order valence-electron chi connectivity index (χ4n) is 4.20. The maximum absolute atomic E-state index is 14.1. The lowest BCUT2D eigenvalue weighted by molar-refractivity contribution is -0.128. The molecule has 2 amide bonds. The third kappa shape index (κ3) is 6.11. The van der Waals surface area contributed by atoms with Gasteiger partial charge in [0, 0.05) is 17.3 Å². The number of benzene rings is 3. The van der Waals surface area contributed by atoms with Crippen LogP contribution in [-0.4, -0.2) is 46.1 Å². The monoisotopic (exact) mass is 515 g/mol. The summed E-state index contributed by atoms with van der Waals surface area (Å²) in [6.45, 7) is 8.02. The van der Waals surface area contributed by atoms with E-state index in [1.165, 1.54) is 4.90 Å². The topological polar surface area (TPSA) is 98.6 Å². The van der Waals surface area contributed by atoms with Crippen molar-refractivity contribution in [3.63, 3.8) is 0 Å². The number of methoxy groups -OCH3 is 1. The van der Waals surface area contributed by atoms with E-state index in [4.69, 9.17) is 9.47 Å². The third-order valence-electron chi connectivity index (χ3n) is 5.82. The highest BCUT2D eigenvalue weighted by molar-refractivity contribution is 6.01. The van der Waals surface area contributed by atoms with E-state index in [9.17, 15) is 9.59 Å². The molecule has 1 N–H and O–H groups in total. The molecule has 0 spiro atoms. The summed E-state index contributed by atoms with van der Waals surface area (Å²) in [6, 6.07) is 20.8. The SMILES string of the molecule is CCOc1ccc([C@@H](C(=O)NC(C)(C)C)N(C(=O)Cn2nnc3ccccc32)c2cccc(OC)c2)cc1. The van der Waals surface area contributed by atoms with Gasteiger partial charge in [-0.15, -0.1) is 5.10 Å². The highest BCUT2D eigenvalue weighted by atomic mass is 16.5. The number of anilines is 1. The molecule has 0 aliphatic rings. The Bertz CT molecular complexity index is 1410. The summed E-state index contributed by atoms with van der Waals surface area (Å²) in [5.74, 6) is 0.589. The molecule has 1 heterocycles. The van der Waals surface area contributed by atoms with Crippen molar-refractivity contribution >= 4 is 28.5 Å². The number of nitrogens with zero attached hydrogens (tertiary/aromatic N) is 4. The fourth-order valence-corrected chi connectivity index (χ4v) is 4.20. The van der Waals surface area contributed by atoms with Crippen LogP contribution in [0.5, 0.6) is 11.5 Å². The molecule has 0 bridgehead atoms. The van der Waals surface area contributed by atoms with Crippen LogP contribution in [0.25, 0.3) is 11.0 Å². The molecule has 0 saturated heterocycles. The van der Waals surface area contributed by atoms with Crippen molar-refractivity contribution in [1.82, 2.24) is 20.3 Å². The van der Waals surface area contributed by atoms with E-state index in [-0.39, 0.29) is 18.4 Å². The Morgan fingerprint density at radius 3 is 2.42 bits per heavy atom. The van der Waals surface area contributed by atoms with Crippen LogP contribution < -0.4 is 19.7 Å². The van der Waals surface area contributed by atoms with E-state index in [1.54, 1.807) is 48.2 Å². The van der Waals surface area contributed by atoms with E-state index < -0.39 is 11.6 Å². The van der Waals surface area contributed by atoms with Gasteiger partial charge in [-0.25, -0.2) is 4.68 Å². The van der Waals surface area contributed by atoms with E-state index in [1.807, 2.05) is 64.1 Å². The second-order valence-corrected chi connectivity index (χ2v) is 9.84. The molecular weight excluding hydrogens is 482 g/mol. The molecule has 0 radical (unpaired) electrons. The van der Waals surface area contributed by atoms with E-state index >= 15 is 0 Å². The van der Waals surface area contributed by atoms with Gasteiger partial charge in [-0.2, -0.15) is 0 Å². The maximum atomic E-state index is 14.1. The zero-order chi connectivity index (χ0) is 27.3. The van der Waals surface area contributed by atoms with Crippen molar-refractivity contribution < 1.29 is 19.1 Å². The Labute approximate surface area is 222 Å². The molecule has 9 heteroatoms. The molecule has 9 nitrogen and oxygen atoms in total. The Morgan fingerprint density at radius 2 is 1.74 bits per heavy atom. The summed E-state index contributed by atoms with van der Waals surface area (Å²) >= 11 is 0. The molecule has 198 valence electrons. The number of hydrogen-bond acceptors (Lipinski definition) is 6. The second-order valence-electron chi connectivity index (χ2n) is 9.84. The largest absolute Gasteiger partial charge is 0.497 e. The summed E-state index contributed by atoms with van der Waals surface area (Å²) in [5.41, 5.74) is 2.03. The molecule has 0 unspecified atom stereocenters. The first-order chi connectivity index (χ1) is 18.2. The maximum Gasteiger partial charge on any atom is 0.249 e. The second kappa shape index (κ2) is 11.3. The quantitative estimate of drug-likeness (QED) is 0.352. The van der Waals surface area contributed by atoms with E-state index in [0.29, 0.717) is 34.9 Å². The van der Waals surface area contributed by atoms with Crippen molar-refractivity contribution in [3.05, 3.63) is 78.4 Å². The van der Waals surface area contributed by atoms with Gasteiger partial charge in [0.15, 0.2) is 0 Å². The molecule has 38 heavy (non-hydrogen) atoms. The van der Waals surface area contributed by atoms with Crippen LogP contribution in [-0.2, 0) is 16.1 Å². The third-order valence-corrected chi connectivity index (χ3v) is 5.82. The Kier molecular flexibility index (Phi) is 7.95. The molecule has 0 aliphatic carbocycles. The number of hydrogen-bond donors (Lipinski definition) is 1. The average Bonchev–Trinajstić information content (AvgIpc) is 3.29. The van der Waals surface area contributed by atoms with Gasteiger partial charge in [-0.3, -0.25) is 14.5 Å². The predicted octanol–water partition coefficient (Wildman–Crippen LogP) is 4.53. The lowest BCUT2D eigenvalue weighted by Gasteiger charge is -2.34. The van der Waals surface area contributed by atoms with Gasteiger partial charge in [-0.05, 0) is 69.7 Å². The van der Waals surface area contributed by atoms with Crippen molar-refractivity contribution in [2.75, 3.05) is 18.6 Å². The predicted molar refractivity (Wildman–Crippen MR) is 146 cm³/mol. The first-order valence-corrected chi connectivity index (χ1v) is 12.5. The van der Waals surface area contributed by atoms with Crippen LogP contribution in [0, 0.1) is 0 Å². The van der Waals surface area contributed by atoms with E-state index in [2.05, 4.69) is 15.6 Å². The number of fused-ring (bicyclic) bond motifs is 1. The Hall–Kier alpha value is -4.40. The number of aromatic nitrogens is 3. The molecule has 4 aromatic rings. The standard InChI is InChI=1S/C29H33N5O4/c1-6-38-22-16-14-20(15-17-22)27(28(36)30-29(2,3)4)34(21-10-9-11-23(18-21)37-5)26(35)19-33-25-13-8-7-12-24(25)31-32-33/h7-18,27H,6,19H2,1-5H3,(H,30,36)/t27-/m0/s1. The summed E-state index contributed by atoms with van der Waals surface area (Å²) < 4.78 is 12.6. The molecule has 0 aliphatic heterocycles. The van der Waals surface area contributed by atoms with Gasteiger partial charge < -0.3 is 14.8 Å². The molecule has 4 rings (SSSR count). The summed E-state index contributed by atoms with van der Waals surface area (Å²) in [6.07, 6.45) is 0. The molecule has 0 fully saturated rings. The number of carbonyl (C=O) groups is 2.